The minimum absolute atomic E-state index is 0.535. The molecule has 0 radical (unpaired) electrons. The lowest BCUT2D eigenvalue weighted by molar-refractivity contribution is -0.661. The smallest absolute Gasteiger partial charge is 0.264 e. The van der Waals surface area contributed by atoms with Crippen LogP contribution in [0, 0.1) is 54.4 Å². The number of pyridine rings is 7. The highest BCUT2D eigenvalue weighted by atomic mass is 19.4. The molecule has 0 aliphatic heterocycles. The first-order chi connectivity index (χ1) is 70.8. The van der Waals surface area contributed by atoms with E-state index in [4.69, 9.17) is 29.9 Å². The van der Waals surface area contributed by atoms with Crippen LogP contribution in [0.2, 0.25) is 0 Å². The third-order valence-corrected chi connectivity index (χ3v) is 27.1. The van der Waals surface area contributed by atoms with Gasteiger partial charge in [-0.25, -0.2) is 27.8 Å². The molecule has 0 amide bonds. The first-order valence-corrected chi connectivity index (χ1v) is 48.7. The van der Waals surface area contributed by atoms with Gasteiger partial charge in [0.1, 0.15) is 31.0 Å². The van der Waals surface area contributed by atoms with Crippen LogP contribution in [-0.2, 0) is 47.8 Å². The van der Waals surface area contributed by atoms with E-state index < -0.39 is 11.7 Å². The van der Waals surface area contributed by atoms with Gasteiger partial charge in [0, 0.05) is 134 Å². The van der Waals surface area contributed by atoms with E-state index in [9.17, 15) is 13.2 Å². The van der Waals surface area contributed by atoms with Crippen molar-refractivity contribution in [1.82, 2.24) is 59.8 Å². The lowest BCUT2D eigenvalue weighted by atomic mass is 9.96. The van der Waals surface area contributed by atoms with Gasteiger partial charge in [-0.3, -0.25) is 29.9 Å². The van der Waals surface area contributed by atoms with Crippen LogP contribution < -0.4 is 22.8 Å². The normalized spacial score (nSPS) is 11.4. The van der Waals surface area contributed by atoms with Crippen LogP contribution in [0.1, 0.15) is 63.9 Å². The van der Waals surface area contributed by atoms with Crippen molar-refractivity contribution in [2.75, 3.05) is 0 Å². The summed E-state index contributed by atoms with van der Waals surface area (Å²) in [4.78, 5) is 54.6. The van der Waals surface area contributed by atoms with E-state index in [1.165, 1.54) is 111 Å². The molecule has 0 aliphatic carbocycles. The summed E-state index contributed by atoms with van der Waals surface area (Å²) in [5, 5.41) is 20.5. The molecule has 25 aromatic rings. The summed E-state index contributed by atoms with van der Waals surface area (Å²) in [6.45, 7) is 18.9. The molecule has 0 bridgehead atoms. The second-order valence-corrected chi connectivity index (χ2v) is 37.9. The topological polar surface area (TPSA) is 174 Å². The average Bonchev–Trinajstić information content (AvgIpc) is 0.771. The van der Waals surface area contributed by atoms with E-state index in [0.717, 1.165) is 151 Å². The van der Waals surface area contributed by atoms with Crippen molar-refractivity contribution < 1.29 is 36.0 Å². The molecular weight excluding hydrogens is 1810 g/mol. The number of alkyl halides is 3. The van der Waals surface area contributed by atoms with E-state index >= 15 is 0 Å². The van der Waals surface area contributed by atoms with Crippen molar-refractivity contribution in [1.29, 1.82) is 0 Å². The van der Waals surface area contributed by atoms with Crippen molar-refractivity contribution in [2.45, 2.75) is 74.9 Å². The zero-order valence-electron chi connectivity index (χ0n) is 83.8. The van der Waals surface area contributed by atoms with Gasteiger partial charge < -0.3 is 0 Å². The molecule has 0 saturated heterocycles. The van der Waals surface area contributed by atoms with Gasteiger partial charge in [0.2, 0.25) is 0 Å². The Hall–Kier alpha value is -17.8. The molecule has 712 valence electrons. The Morgan fingerprint density at radius 1 is 0.247 bits per heavy atom. The average molecular weight is 1920 g/mol. The third-order valence-electron chi connectivity index (χ3n) is 27.1. The number of hydrogen-bond donors (Lipinski definition) is 0. The monoisotopic (exact) mass is 1910 g/mol. The maximum absolute atomic E-state index is 12.9. The van der Waals surface area contributed by atoms with Crippen LogP contribution in [0.15, 0.2) is 378 Å². The van der Waals surface area contributed by atoms with E-state index in [1.54, 1.807) is 25.5 Å². The fourth-order valence-electron chi connectivity index (χ4n) is 19.4. The molecule has 0 aliphatic rings. The van der Waals surface area contributed by atoms with Gasteiger partial charge in [0.25, 0.3) is 0 Å². The number of fused-ring (bicyclic) bond motifs is 17. The minimum atomic E-state index is -4.35. The van der Waals surface area contributed by atoms with Crippen LogP contribution in [0.3, 0.4) is 0 Å². The van der Waals surface area contributed by atoms with Crippen LogP contribution in [0.25, 0.3) is 209 Å². The van der Waals surface area contributed by atoms with E-state index in [-0.39, 0.29) is 0 Å². The molecule has 0 atom stereocenters. The molecule has 12 heterocycles. The van der Waals surface area contributed by atoms with Crippen molar-refractivity contribution in [3.8, 4) is 79.3 Å². The van der Waals surface area contributed by atoms with Crippen molar-refractivity contribution in [2.24, 2.45) is 41.2 Å². The van der Waals surface area contributed by atoms with Crippen molar-refractivity contribution in [3.05, 3.63) is 428 Å². The van der Waals surface area contributed by atoms with Crippen LogP contribution in [0.5, 0.6) is 0 Å². The van der Waals surface area contributed by atoms with E-state index in [2.05, 4.69) is 342 Å². The molecule has 13 aromatic carbocycles. The summed E-state index contributed by atoms with van der Waals surface area (Å²) in [6.07, 6.45) is 29.4. The molecule has 146 heavy (non-hydrogen) atoms. The van der Waals surface area contributed by atoms with Gasteiger partial charge in [-0.1, -0.05) is 141 Å². The second kappa shape index (κ2) is 41.0. The Morgan fingerprint density at radius 2 is 0.644 bits per heavy atom. The highest BCUT2D eigenvalue weighted by Gasteiger charge is 2.33. The molecule has 0 N–H and O–H groups in total. The standard InChI is InChI=1S/C30H29N2.C20H15F3N3.C20H16N2.2C19H16N3.C18H15N4/c1-20(2)17-22-10-13-23(14-11-22)25-12-9-21(3)27(18-25)30-31-29-16-15-24-7-5-6-8-26(24)28(29)19-32(30)4;1-12-9-14(20(21,22)23)4-5-15(12)19-25-18-6-3-13-10-24-8-7-16(13)17(18)11-26(19)2;1-13-5-3-4-6-18(13)20-14(2)9-16-10-15-7-8-21-12-17(15)11-19(16)22-20;1-13-5-3-4-6-16(13)19-21-18-15(12-22(19)2)8-7-14-11-20-10-9-17(14)18;1-13-5-3-4-6-15(13)19-21-18-8-7-14-11-20-10-9-16(14)17(18)12-22(19)2;1-12-5-7-20-10-15(12)18-21-17-4-3-13-9-19-8-6-14(13)16(17)11-22(18)2/h5-16,18-20H,17H2,1-4H3;3-11H,1-2H3;3*3-12H,1-2H3;3-11H,1-2H3/q2*+1;;3*+1. The fourth-order valence-corrected chi connectivity index (χ4v) is 19.4. The van der Waals surface area contributed by atoms with E-state index in [1.807, 2.05) is 143 Å². The molecular formula is C126H107F3N17+5. The Kier molecular flexibility index (Phi) is 26.9. The predicted octanol–water partition coefficient (Wildman–Crippen LogP) is 26.9. The summed E-state index contributed by atoms with van der Waals surface area (Å²) in [6, 6.07) is 92.3. The van der Waals surface area contributed by atoms with Crippen LogP contribution in [0.4, 0.5) is 13.2 Å². The minimum Gasteiger partial charge on any atom is -0.264 e. The second-order valence-electron chi connectivity index (χ2n) is 37.9. The number of rotatable bonds is 9. The highest BCUT2D eigenvalue weighted by molar-refractivity contribution is 6.10. The number of benzene rings is 13. The largest absolute Gasteiger partial charge is 0.416 e. The van der Waals surface area contributed by atoms with Crippen LogP contribution >= 0.6 is 0 Å². The fraction of sp³-hybridized carbons (Fsp3) is 0.135. The molecule has 0 fully saturated rings. The van der Waals surface area contributed by atoms with E-state index in [0.29, 0.717) is 22.9 Å². The van der Waals surface area contributed by atoms with Gasteiger partial charge in [-0.05, 0) is 303 Å². The zero-order chi connectivity index (χ0) is 101. The molecule has 12 aromatic heterocycles. The lowest BCUT2D eigenvalue weighted by Crippen LogP contribution is -2.32. The zero-order valence-corrected chi connectivity index (χ0v) is 83.8. The summed E-state index contributed by atoms with van der Waals surface area (Å²) in [5.74, 6) is 5.17. The maximum Gasteiger partial charge on any atom is 0.416 e. The van der Waals surface area contributed by atoms with Gasteiger partial charge in [-0.2, -0.15) is 13.2 Å². The molecule has 0 saturated carbocycles. The number of nitrogens with zero attached hydrogens (tertiary/aromatic N) is 17. The molecule has 20 heteroatoms. The quantitative estimate of drug-likeness (QED) is 0.0761. The Labute approximate surface area is 844 Å². The molecule has 0 unspecified atom stereocenters. The lowest BCUT2D eigenvalue weighted by Gasteiger charge is -2.10. The summed E-state index contributed by atoms with van der Waals surface area (Å²) in [5.41, 5.74) is 24.4. The number of halogens is 3. The van der Waals surface area contributed by atoms with Crippen molar-refractivity contribution >= 4 is 130 Å². The molecule has 0 spiro atoms. The number of aromatic nitrogens is 17. The Morgan fingerprint density at radius 3 is 1.16 bits per heavy atom. The van der Waals surface area contributed by atoms with Gasteiger partial charge in [-0.15, -0.1) is 0 Å². The SMILES string of the molecule is Cc1cc(C(F)(F)F)ccc1-c1nc2ccc3cnccc3c2c[n+]1C.Cc1ccc(-c2ccc(CC(C)C)cc2)cc1-c1nc2ccc3ccccc3c2c[n+]1C.Cc1ccccc1-c1nc2c(ccc3cnccc32)c[n+]1C.Cc1ccccc1-c1nc2cc3cnccc3cc2cc1C.Cc1ccccc1-c1nc2ccc3cnccc3c2c[n+]1C.Cc1ccncc1-c1nc2ccc3cnccc3c2c[n+]1C. The third kappa shape index (κ3) is 19.9. The Balaban J connectivity index is 0.000000107. The summed E-state index contributed by atoms with van der Waals surface area (Å²) in [7, 11) is 10.1. The summed E-state index contributed by atoms with van der Waals surface area (Å²) < 4.78 is 49.0. The van der Waals surface area contributed by atoms with Crippen LogP contribution in [-0.4, -0.2) is 59.8 Å². The van der Waals surface area contributed by atoms with Crippen molar-refractivity contribution in [3.63, 3.8) is 0 Å². The van der Waals surface area contributed by atoms with Gasteiger partial charge >= 0.3 is 35.3 Å². The predicted molar refractivity (Wildman–Crippen MR) is 583 cm³/mol. The molecule has 17 nitrogen and oxygen atoms in total. The molecule has 25 rings (SSSR count). The summed E-state index contributed by atoms with van der Waals surface area (Å²) >= 11 is 0. The Bertz CT molecular complexity index is 9120. The first-order valence-electron chi connectivity index (χ1n) is 48.7. The number of hydrogen-bond acceptors (Lipinski definition) is 12. The maximum atomic E-state index is 12.9. The van der Waals surface area contributed by atoms with Gasteiger partial charge in [0.15, 0.2) is 27.6 Å². The highest BCUT2D eigenvalue weighted by Crippen LogP contribution is 2.38. The van der Waals surface area contributed by atoms with Gasteiger partial charge in [0.05, 0.1) is 107 Å². The first kappa shape index (κ1) is 95.7. The number of aryl methyl sites for hydroxylation is 12.